The van der Waals surface area contributed by atoms with E-state index in [1.807, 2.05) is 36.4 Å². The molecule has 2 aromatic rings. The van der Waals surface area contributed by atoms with Crippen molar-refractivity contribution in [2.75, 3.05) is 7.11 Å². The van der Waals surface area contributed by atoms with Gasteiger partial charge in [0.2, 0.25) is 0 Å². The van der Waals surface area contributed by atoms with Crippen LogP contribution in [0.5, 0.6) is 11.5 Å². The highest BCUT2D eigenvalue weighted by molar-refractivity contribution is 6.01. The van der Waals surface area contributed by atoms with Crippen LogP contribution in [0.4, 0.5) is 0 Å². The molecular weight excluding hydrogens is 254 g/mol. The number of hydrogen-bond acceptors (Lipinski definition) is 4. The van der Waals surface area contributed by atoms with E-state index in [1.54, 1.807) is 19.2 Å². The van der Waals surface area contributed by atoms with Crippen LogP contribution in [0.25, 0.3) is 0 Å². The maximum Gasteiger partial charge on any atom is 0.158 e. The largest absolute Gasteiger partial charge is 0.508 e. The van der Waals surface area contributed by atoms with Gasteiger partial charge >= 0.3 is 0 Å². The normalized spacial score (nSPS) is 17.4. The van der Waals surface area contributed by atoms with Gasteiger partial charge in [0.15, 0.2) is 6.10 Å². The van der Waals surface area contributed by atoms with E-state index in [2.05, 4.69) is 5.16 Å². The summed E-state index contributed by atoms with van der Waals surface area (Å²) in [6.45, 7) is 0. The van der Waals surface area contributed by atoms with Gasteiger partial charge in [-0.05, 0) is 47.5 Å². The monoisotopic (exact) mass is 269 g/mol. The fraction of sp³-hybridized carbons (Fsp3) is 0.188. The minimum absolute atomic E-state index is 0.0651. The smallest absolute Gasteiger partial charge is 0.158 e. The van der Waals surface area contributed by atoms with Crippen LogP contribution in [0, 0.1) is 0 Å². The lowest BCUT2D eigenvalue weighted by atomic mass is 10.0. The maximum absolute atomic E-state index is 9.30. The fourth-order valence-electron chi connectivity index (χ4n) is 2.20. The van der Waals surface area contributed by atoms with Crippen LogP contribution >= 0.6 is 0 Å². The van der Waals surface area contributed by atoms with Gasteiger partial charge < -0.3 is 14.7 Å². The number of phenols is 1. The fourth-order valence-corrected chi connectivity index (χ4v) is 2.20. The molecule has 4 nitrogen and oxygen atoms in total. The van der Waals surface area contributed by atoms with Crippen LogP contribution in [-0.2, 0) is 4.84 Å². The Balaban J connectivity index is 1.73. The number of phenolic OH excluding ortho intramolecular Hbond substituents is 1. The van der Waals surface area contributed by atoms with Gasteiger partial charge in [-0.25, -0.2) is 0 Å². The van der Waals surface area contributed by atoms with E-state index in [1.165, 1.54) is 0 Å². The summed E-state index contributed by atoms with van der Waals surface area (Å²) in [5.74, 6) is 1.08. The zero-order chi connectivity index (χ0) is 13.9. The van der Waals surface area contributed by atoms with Crippen molar-refractivity contribution < 1.29 is 14.7 Å². The molecule has 0 aromatic heterocycles. The Hall–Kier alpha value is -2.49. The first-order valence-electron chi connectivity index (χ1n) is 6.42. The van der Waals surface area contributed by atoms with Crippen LogP contribution in [-0.4, -0.2) is 17.9 Å². The van der Waals surface area contributed by atoms with Crippen molar-refractivity contribution in [3.8, 4) is 11.5 Å². The molecule has 0 aliphatic carbocycles. The van der Waals surface area contributed by atoms with Crippen LogP contribution in [0.3, 0.4) is 0 Å². The average molecular weight is 269 g/mol. The first-order valence-corrected chi connectivity index (χ1v) is 6.42. The zero-order valence-electron chi connectivity index (χ0n) is 11.1. The molecule has 20 heavy (non-hydrogen) atoms. The summed E-state index contributed by atoms with van der Waals surface area (Å²) in [6, 6.07) is 14.8. The van der Waals surface area contributed by atoms with Crippen molar-refractivity contribution in [3.05, 3.63) is 59.7 Å². The molecular formula is C16H15NO3. The molecule has 2 aromatic carbocycles. The Labute approximate surface area is 117 Å². The Morgan fingerprint density at radius 1 is 1.10 bits per heavy atom. The maximum atomic E-state index is 9.30. The van der Waals surface area contributed by atoms with Gasteiger partial charge in [-0.3, -0.25) is 0 Å². The lowest BCUT2D eigenvalue weighted by molar-refractivity contribution is 0.0857. The zero-order valence-corrected chi connectivity index (χ0v) is 11.1. The first kappa shape index (κ1) is 12.5. The molecule has 0 spiro atoms. The van der Waals surface area contributed by atoms with Gasteiger partial charge in [-0.1, -0.05) is 17.3 Å². The summed E-state index contributed by atoms with van der Waals surface area (Å²) in [6.07, 6.45) is 0.654. The molecule has 0 saturated heterocycles. The summed E-state index contributed by atoms with van der Waals surface area (Å²) in [5.41, 5.74) is 2.94. The highest BCUT2D eigenvalue weighted by Crippen LogP contribution is 2.30. The van der Waals surface area contributed by atoms with E-state index in [-0.39, 0.29) is 11.9 Å². The topological polar surface area (TPSA) is 51.0 Å². The minimum Gasteiger partial charge on any atom is -0.508 e. The van der Waals surface area contributed by atoms with E-state index in [0.29, 0.717) is 0 Å². The average Bonchev–Trinajstić information content (AvgIpc) is 2.98. The molecule has 1 unspecified atom stereocenters. The number of aromatic hydroxyl groups is 1. The van der Waals surface area contributed by atoms with Gasteiger partial charge in [0, 0.05) is 6.42 Å². The number of nitrogens with zero attached hydrogens (tertiary/aromatic N) is 1. The predicted octanol–water partition coefficient (Wildman–Crippen LogP) is 3.27. The SMILES string of the molecule is COc1ccc(C2CC(c3ccc(O)cc3)=NO2)cc1. The van der Waals surface area contributed by atoms with Gasteiger partial charge in [-0.15, -0.1) is 0 Å². The number of oxime groups is 1. The minimum atomic E-state index is -0.0651. The van der Waals surface area contributed by atoms with Crippen LogP contribution in [0.1, 0.15) is 23.7 Å². The Bertz CT molecular complexity index is 617. The lowest BCUT2D eigenvalue weighted by Crippen LogP contribution is -2.01. The Morgan fingerprint density at radius 3 is 2.45 bits per heavy atom. The van der Waals surface area contributed by atoms with E-state index in [9.17, 15) is 5.11 Å². The third-order valence-corrected chi connectivity index (χ3v) is 3.36. The molecule has 4 heteroatoms. The molecule has 0 saturated carbocycles. The number of benzene rings is 2. The molecule has 3 rings (SSSR count). The Morgan fingerprint density at radius 2 is 1.80 bits per heavy atom. The van der Waals surface area contributed by atoms with E-state index >= 15 is 0 Å². The molecule has 102 valence electrons. The van der Waals surface area contributed by atoms with Gasteiger partial charge in [-0.2, -0.15) is 0 Å². The van der Waals surface area contributed by atoms with E-state index in [4.69, 9.17) is 9.57 Å². The summed E-state index contributed by atoms with van der Waals surface area (Å²) in [7, 11) is 1.65. The molecule has 1 aliphatic heterocycles. The van der Waals surface area contributed by atoms with E-state index < -0.39 is 0 Å². The molecule has 1 aliphatic rings. The van der Waals surface area contributed by atoms with Crippen molar-refractivity contribution in [3.63, 3.8) is 0 Å². The van der Waals surface area contributed by atoms with Crippen molar-refractivity contribution in [2.45, 2.75) is 12.5 Å². The van der Waals surface area contributed by atoms with Crippen LogP contribution < -0.4 is 4.74 Å². The molecule has 1 atom stereocenters. The van der Waals surface area contributed by atoms with Gasteiger partial charge in [0.25, 0.3) is 0 Å². The van der Waals surface area contributed by atoms with Crippen molar-refractivity contribution in [1.82, 2.24) is 0 Å². The lowest BCUT2D eigenvalue weighted by Gasteiger charge is -2.09. The number of methoxy groups -OCH3 is 1. The molecule has 0 fully saturated rings. The highest BCUT2D eigenvalue weighted by atomic mass is 16.6. The first-order chi connectivity index (χ1) is 9.76. The van der Waals surface area contributed by atoms with Crippen LogP contribution in [0.2, 0.25) is 0 Å². The van der Waals surface area contributed by atoms with Gasteiger partial charge in [0.05, 0.1) is 12.8 Å². The molecule has 1 N–H and O–H groups in total. The van der Waals surface area contributed by atoms with Crippen molar-refractivity contribution in [2.24, 2.45) is 5.16 Å². The highest BCUT2D eigenvalue weighted by Gasteiger charge is 2.23. The Kier molecular flexibility index (Phi) is 3.29. The predicted molar refractivity (Wildman–Crippen MR) is 76.1 cm³/mol. The summed E-state index contributed by atoms with van der Waals surface area (Å²) >= 11 is 0. The van der Waals surface area contributed by atoms with Crippen molar-refractivity contribution in [1.29, 1.82) is 0 Å². The quantitative estimate of drug-likeness (QED) is 0.930. The number of rotatable bonds is 3. The second-order valence-corrected chi connectivity index (χ2v) is 4.66. The van der Waals surface area contributed by atoms with E-state index in [0.717, 1.165) is 29.0 Å². The number of hydrogen-bond donors (Lipinski definition) is 1. The van der Waals surface area contributed by atoms with Gasteiger partial charge in [0.1, 0.15) is 11.5 Å². The second-order valence-electron chi connectivity index (χ2n) is 4.66. The van der Waals surface area contributed by atoms with Crippen LogP contribution in [0.15, 0.2) is 53.7 Å². The third kappa shape index (κ3) is 2.45. The summed E-state index contributed by atoms with van der Waals surface area (Å²) in [4.78, 5) is 5.49. The summed E-state index contributed by atoms with van der Waals surface area (Å²) < 4.78 is 5.14. The molecule has 0 bridgehead atoms. The molecule has 0 radical (unpaired) electrons. The summed E-state index contributed by atoms with van der Waals surface area (Å²) in [5, 5.41) is 13.4. The molecule has 1 heterocycles. The van der Waals surface area contributed by atoms with Crippen molar-refractivity contribution >= 4 is 5.71 Å². The number of ether oxygens (including phenoxy) is 1. The molecule has 0 amide bonds. The second kappa shape index (κ2) is 5.25. The standard InChI is InChI=1S/C16H15NO3/c1-19-14-8-4-12(5-9-14)16-10-15(17-20-16)11-2-6-13(18)7-3-11/h2-9,16,18H,10H2,1H3. The third-order valence-electron chi connectivity index (χ3n) is 3.36.